The van der Waals surface area contributed by atoms with Gasteiger partial charge in [0.2, 0.25) is 5.91 Å². The van der Waals surface area contributed by atoms with Crippen LogP contribution in [0.5, 0.6) is 0 Å². The molecule has 1 rings (SSSR count). The topological polar surface area (TPSA) is 75.6 Å². The first kappa shape index (κ1) is 19.0. The van der Waals surface area contributed by atoms with Crippen molar-refractivity contribution in [2.75, 3.05) is 13.7 Å². The summed E-state index contributed by atoms with van der Waals surface area (Å²) in [4.78, 5) is 22.6. The third-order valence-corrected chi connectivity index (χ3v) is 3.27. The zero-order valence-electron chi connectivity index (χ0n) is 12.7. The minimum atomic E-state index is -4.44. The van der Waals surface area contributed by atoms with Gasteiger partial charge in [-0.25, -0.2) is 4.79 Å². The van der Waals surface area contributed by atoms with Gasteiger partial charge in [0.1, 0.15) is 0 Å². The zero-order valence-corrected chi connectivity index (χ0v) is 12.7. The Morgan fingerprint density at radius 1 is 1.35 bits per heavy atom. The third-order valence-electron chi connectivity index (χ3n) is 3.27. The Kier molecular flexibility index (Phi) is 6.56. The average Bonchev–Trinajstić information content (AvgIpc) is 2.46. The van der Waals surface area contributed by atoms with Gasteiger partial charge in [-0.3, -0.25) is 4.79 Å². The standard InChI is InChI=1S/C15H18F3NO4/c1-9(13(20)19-8-12(23-2)14(21)22)6-10-4-3-5-11(7-10)15(16,17)18/h3-5,7,9,12H,6,8H2,1-2H3,(H,19,20)(H,21,22). The van der Waals surface area contributed by atoms with E-state index < -0.39 is 35.6 Å². The summed E-state index contributed by atoms with van der Waals surface area (Å²) in [7, 11) is 1.21. The molecule has 1 aromatic rings. The van der Waals surface area contributed by atoms with Crippen molar-refractivity contribution in [2.45, 2.75) is 25.6 Å². The highest BCUT2D eigenvalue weighted by atomic mass is 19.4. The molecule has 1 aromatic carbocycles. The molecule has 0 spiro atoms. The number of hydrogen-bond acceptors (Lipinski definition) is 3. The molecule has 0 saturated carbocycles. The Hall–Kier alpha value is -2.09. The molecule has 23 heavy (non-hydrogen) atoms. The monoisotopic (exact) mass is 333 g/mol. The first-order chi connectivity index (χ1) is 10.6. The number of carboxylic acids is 1. The molecule has 0 aliphatic rings. The van der Waals surface area contributed by atoms with Crippen LogP contribution < -0.4 is 5.32 Å². The van der Waals surface area contributed by atoms with Crippen molar-refractivity contribution in [2.24, 2.45) is 5.92 Å². The lowest BCUT2D eigenvalue weighted by Gasteiger charge is -2.16. The Bertz CT molecular complexity index is 560. The molecular weight excluding hydrogens is 315 g/mol. The molecule has 1 amide bonds. The first-order valence-electron chi connectivity index (χ1n) is 6.84. The summed E-state index contributed by atoms with van der Waals surface area (Å²) in [5, 5.41) is 11.2. The van der Waals surface area contributed by atoms with Crippen molar-refractivity contribution in [3.05, 3.63) is 35.4 Å². The van der Waals surface area contributed by atoms with Crippen molar-refractivity contribution in [1.82, 2.24) is 5.32 Å². The van der Waals surface area contributed by atoms with Gasteiger partial charge in [0.05, 0.1) is 12.1 Å². The number of rotatable bonds is 7. The third kappa shape index (κ3) is 5.90. The molecule has 0 radical (unpaired) electrons. The number of amides is 1. The van der Waals surface area contributed by atoms with Gasteiger partial charge < -0.3 is 15.2 Å². The second kappa shape index (κ2) is 7.96. The maximum absolute atomic E-state index is 12.6. The maximum atomic E-state index is 12.6. The number of ether oxygens (including phenoxy) is 1. The van der Waals surface area contributed by atoms with E-state index in [4.69, 9.17) is 5.11 Å². The van der Waals surface area contributed by atoms with Crippen molar-refractivity contribution in [1.29, 1.82) is 0 Å². The van der Waals surface area contributed by atoms with E-state index in [1.807, 2.05) is 0 Å². The summed E-state index contributed by atoms with van der Waals surface area (Å²) < 4.78 is 42.6. The van der Waals surface area contributed by atoms with Crippen LogP contribution in [-0.4, -0.2) is 36.7 Å². The lowest BCUT2D eigenvalue weighted by atomic mass is 9.98. The second-order valence-corrected chi connectivity index (χ2v) is 5.11. The molecule has 5 nitrogen and oxygen atoms in total. The zero-order chi connectivity index (χ0) is 17.6. The van der Waals surface area contributed by atoms with Gasteiger partial charge in [-0.1, -0.05) is 25.1 Å². The fourth-order valence-corrected chi connectivity index (χ4v) is 1.96. The highest BCUT2D eigenvalue weighted by Crippen LogP contribution is 2.29. The van der Waals surface area contributed by atoms with Gasteiger partial charge in [-0.15, -0.1) is 0 Å². The Morgan fingerprint density at radius 2 is 2.00 bits per heavy atom. The normalized spacial score (nSPS) is 14.1. The number of benzene rings is 1. The number of carbonyl (C=O) groups excluding carboxylic acids is 1. The summed E-state index contributed by atoms with van der Waals surface area (Å²) in [6.07, 6.45) is -5.49. The predicted octanol–water partition coefficient (Wildman–Crippen LogP) is 2.10. The molecule has 0 aliphatic heterocycles. The van der Waals surface area contributed by atoms with Crippen LogP contribution in [0.3, 0.4) is 0 Å². The van der Waals surface area contributed by atoms with E-state index in [1.165, 1.54) is 19.2 Å². The summed E-state index contributed by atoms with van der Waals surface area (Å²) in [5.41, 5.74) is -0.392. The Morgan fingerprint density at radius 3 is 2.52 bits per heavy atom. The summed E-state index contributed by atoms with van der Waals surface area (Å²) in [6, 6.07) is 4.76. The fraction of sp³-hybridized carbons (Fsp3) is 0.467. The number of carbonyl (C=O) groups is 2. The van der Waals surface area contributed by atoms with Crippen LogP contribution in [-0.2, 0) is 26.9 Å². The van der Waals surface area contributed by atoms with Crippen molar-refractivity contribution >= 4 is 11.9 Å². The maximum Gasteiger partial charge on any atom is 0.416 e. The molecule has 0 heterocycles. The van der Waals surface area contributed by atoms with E-state index in [1.54, 1.807) is 6.92 Å². The highest BCUT2D eigenvalue weighted by Gasteiger charge is 2.30. The molecule has 0 fully saturated rings. The number of halogens is 3. The van der Waals surface area contributed by atoms with Crippen LogP contribution in [0.15, 0.2) is 24.3 Å². The largest absolute Gasteiger partial charge is 0.479 e. The van der Waals surface area contributed by atoms with Crippen molar-refractivity contribution in [3.8, 4) is 0 Å². The van der Waals surface area contributed by atoms with Crippen LogP contribution >= 0.6 is 0 Å². The summed E-state index contributed by atoms with van der Waals surface area (Å²) in [5.74, 6) is -2.27. The van der Waals surface area contributed by atoms with Gasteiger partial charge in [0.25, 0.3) is 0 Å². The van der Waals surface area contributed by atoms with Gasteiger partial charge >= 0.3 is 12.1 Å². The van der Waals surface area contributed by atoms with Gasteiger partial charge in [0, 0.05) is 13.0 Å². The molecule has 128 valence electrons. The van der Waals surface area contributed by atoms with E-state index in [-0.39, 0.29) is 13.0 Å². The number of methoxy groups -OCH3 is 1. The van der Waals surface area contributed by atoms with Crippen LogP contribution in [0.4, 0.5) is 13.2 Å². The van der Waals surface area contributed by atoms with Gasteiger partial charge in [-0.2, -0.15) is 13.2 Å². The highest BCUT2D eigenvalue weighted by molar-refractivity contribution is 5.80. The minimum absolute atomic E-state index is 0.112. The Labute approximate surface area is 131 Å². The van der Waals surface area contributed by atoms with E-state index in [0.29, 0.717) is 5.56 Å². The van der Waals surface area contributed by atoms with Crippen LogP contribution in [0.1, 0.15) is 18.1 Å². The molecule has 0 saturated heterocycles. The van der Waals surface area contributed by atoms with Crippen LogP contribution in [0.2, 0.25) is 0 Å². The van der Waals surface area contributed by atoms with Crippen LogP contribution in [0.25, 0.3) is 0 Å². The molecular formula is C15H18F3NO4. The average molecular weight is 333 g/mol. The number of hydrogen-bond donors (Lipinski definition) is 2. The summed E-state index contributed by atoms with van der Waals surface area (Å²) in [6.45, 7) is 1.34. The predicted molar refractivity (Wildman–Crippen MR) is 75.8 cm³/mol. The van der Waals surface area contributed by atoms with Gasteiger partial charge in [-0.05, 0) is 18.1 Å². The lowest BCUT2D eigenvalue weighted by molar-refractivity contribution is -0.148. The fourth-order valence-electron chi connectivity index (χ4n) is 1.96. The Balaban J connectivity index is 2.63. The number of carboxylic acid groups (broad SMARTS) is 1. The summed E-state index contributed by atoms with van der Waals surface area (Å²) >= 11 is 0. The van der Waals surface area contributed by atoms with E-state index >= 15 is 0 Å². The lowest BCUT2D eigenvalue weighted by Crippen LogP contribution is -2.40. The molecule has 2 atom stereocenters. The molecule has 0 bridgehead atoms. The molecule has 0 aliphatic carbocycles. The second-order valence-electron chi connectivity index (χ2n) is 5.11. The van der Waals surface area contributed by atoms with Crippen molar-refractivity contribution < 1.29 is 32.6 Å². The molecule has 8 heteroatoms. The van der Waals surface area contributed by atoms with Gasteiger partial charge in [0.15, 0.2) is 6.10 Å². The molecule has 2 N–H and O–H groups in total. The number of alkyl halides is 3. The van der Waals surface area contributed by atoms with Crippen LogP contribution in [0, 0.1) is 5.92 Å². The first-order valence-corrected chi connectivity index (χ1v) is 6.84. The van der Waals surface area contributed by atoms with E-state index in [2.05, 4.69) is 10.1 Å². The quantitative estimate of drug-likeness (QED) is 0.801. The number of nitrogens with one attached hydrogen (secondary N) is 1. The van der Waals surface area contributed by atoms with E-state index in [0.717, 1.165) is 12.1 Å². The molecule has 0 aromatic heterocycles. The smallest absolute Gasteiger partial charge is 0.416 e. The SMILES string of the molecule is COC(CNC(=O)C(C)Cc1cccc(C(F)(F)F)c1)C(=O)O. The molecule has 2 unspecified atom stereocenters. The van der Waals surface area contributed by atoms with E-state index in [9.17, 15) is 22.8 Å². The van der Waals surface area contributed by atoms with Crippen molar-refractivity contribution in [3.63, 3.8) is 0 Å². The number of aliphatic carboxylic acids is 1. The minimum Gasteiger partial charge on any atom is -0.479 e.